The van der Waals surface area contributed by atoms with Gasteiger partial charge < -0.3 is 15.2 Å². The van der Waals surface area contributed by atoms with E-state index in [9.17, 15) is 9.59 Å². The smallest absolute Gasteiger partial charge is 0.282 e. The summed E-state index contributed by atoms with van der Waals surface area (Å²) in [6.45, 7) is -0.322. The predicted octanol–water partition coefficient (Wildman–Crippen LogP) is 4.72. The minimum Gasteiger partial charge on any atom is -0.493 e. The first-order valence-corrected chi connectivity index (χ1v) is 12.5. The maximum atomic E-state index is 13.5. The molecule has 1 heterocycles. The fraction of sp³-hybridized carbons (Fsp3) is 0.333. The molecule has 34 heavy (non-hydrogen) atoms. The number of halogens is 2. The summed E-state index contributed by atoms with van der Waals surface area (Å²) in [6, 6.07) is 8.95. The van der Waals surface area contributed by atoms with Crippen molar-refractivity contribution in [1.29, 1.82) is 0 Å². The Bertz CT molecular complexity index is 1320. The molecule has 0 bridgehead atoms. The Hall–Kier alpha value is -2.72. The Kier molecular flexibility index (Phi) is 7.67. The van der Waals surface area contributed by atoms with E-state index in [1.165, 1.54) is 24.4 Å². The van der Waals surface area contributed by atoms with Crippen LogP contribution in [0.4, 0.5) is 0 Å². The summed E-state index contributed by atoms with van der Waals surface area (Å²) in [6.07, 6.45) is 6.81. The molecule has 178 valence electrons. The number of hydrogen-bond acceptors (Lipinski definition) is 6. The molecule has 0 atom stereocenters. The highest BCUT2D eigenvalue weighted by Gasteiger charge is 2.23. The molecule has 4 rings (SSSR count). The topological polar surface area (TPSA) is 109 Å². The second-order valence-corrected chi connectivity index (χ2v) is 9.94. The maximum Gasteiger partial charge on any atom is 0.282 e. The standard InChI is InChI=1S/C24H24Br2N4O4/c1-33-20-11-17(26)9-15(22(20)34-13-21(27)31)12-28-30-23(14-5-3-2-4-6-14)29-19-8-7-16(25)10-18(19)24(30)32/h7-12,14H,2-6,13H2,1H3,(H2,27,31). The van der Waals surface area contributed by atoms with E-state index >= 15 is 0 Å². The second-order valence-electron chi connectivity index (χ2n) is 8.11. The number of methoxy groups -OCH3 is 1. The molecule has 1 aliphatic rings. The lowest BCUT2D eigenvalue weighted by molar-refractivity contribution is -0.119. The fourth-order valence-corrected chi connectivity index (χ4v) is 4.97. The van der Waals surface area contributed by atoms with Gasteiger partial charge >= 0.3 is 0 Å². The van der Waals surface area contributed by atoms with Gasteiger partial charge in [-0.25, -0.2) is 4.98 Å². The molecular weight excluding hydrogens is 568 g/mol. The molecule has 1 aromatic heterocycles. The lowest BCUT2D eigenvalue weighted by Crippen LogP contribution is -2.25. The van der Waals surface area contributed by atoms with Crippen LogP contribution >= 0.6 is 31.9 Å². The molecule has 1 saturated carbocycles. The Labute approximate surface area is 213 Å². The van der Waals surface area contributed by atoms with Gasteiger partial charge in [0.15, 0.2) is 18.1 Å². The van der Waals surface area contributed by atoms with Gasteiger partial charge in [-0.15, -0.1) is 0 Å². The Balaban J connectivity index is 1.86. The molecule has 2 aromatic carbocycles. The monoisotopic (exact) mass is 590 g/mol. The molecule has 10 heteroatoms. The number of rotatable bonds is 7. The van der Waals surface area contributed by atoms with Crippen LogP contribution in [0.2, 0.25) is 0 Å². The van der Waals surface area contributed by atoms with Crippen LogP contribution in [0.3, 0.4) is 0 Å². The van der Waals surface area contributed by atoms with E-state index < -0.39 is 5.91 Å². The van der Waals surface area contributed by atoms with Crippen LogP contribution < -0.4 is 20.8 Å². The first kappa shape index (κ1) is 24.4. The first-order valence-electron chi connectivity index (χ1n) is 10.9. The van der Waals surface area contributed by atoms with Gasteiger partial charge in [-0.2, -0.15) is 9.78 Å². The van der Waals surface area contributed by atoms with E-state index in [0.717, 1.165) is 34.6 Å². The summed E-state index contributed by atoms with van der Waals surface area (Å²) in [5, 5.41) is 5.04. The average Bonchev–Trinajstić information content (AvgIpc) is 2.83. The van der Waals surface area contributed by atoms with Crippen molar-refractivity contribution >= 4 is 54.9 Å². The van der Waals surface area contributed by atoms with E-state index in [1.54, 1.807) is 18.2 Å². The lowest BCUT2D eigenvalue weighted by Gasteiger charge is -2.22. The highest BCUT2D eigenvalue weighted by Crippen LogP contribution is 2.35. The van der Waals surface area contributed by atoms with Gasteiger partial charge in [0.25, 0.3) is 11.5 Å². The van der Waals surface area contributed by atoms with Gasteiger partial charge in [0, 0.05) is 20.4 Å². The number of amides is 1. The second kappa shape index (κ2) is 10.7. The van der Waals surface area contributed by atoms with Crippen molar-refractivity contribution in [3.8, 4) is 11.5 Å². The van der Waals surface area contributed by atoms with Crippen molar-refractivity contribution in [3.63, 3.8) is 0 Å². The van der Waals surface area contributed by atoms with Gasteiger partial charge in [-0.05, 0) is 43.2 Å². The van der Waals surface area contributed by atoms with Crippen molar-refractivity contribution in [2.24, 2.45) is 10.8 Å². The number of nitrogens with zero attached hydrogens (tertiary/aromatic N) is 3. The van der Waals surface area contributed by atoms with Crippen molar-refractivity contribution in [1.82, 2.24) is 9.66 Å². The third-order valence-electron chi connectivity index (χ3n) is 5.74. The van der Waals surface area contributed by atoms with Crippen LogP contribution in [0.1, 0.15) is 49.4 Å². The third-order valence-corrected chi connectivity index (χ3v) is 6.69. The van der Waals surface area contributed by atoms with Crippen LogP contribution in [0.5, 0.6) is 11.5 Å². The van der Waals surface area contributed by atoms with Crippen LogP contribution in [-0.4, -0.2) is 35.5 Å². The molecule has 0 spiro atoms. The highest BCUT2D eigenvalue weighted by atomic mass is 79.9. The van der Waals surface area contributed by atoms with E-state index in [4.69, 9.17) is 20.2 Å². The van der Waals surface area contributed by atoms with Crippen molar-refractivity contribution < 1.29 is 14.3 Å². The van der Waals surface area contributed by atoms with E-state index in [1.807, 2.05) is 12.1 Å². The average molecular weight is 592 g/mol. The van der Waals surface area contributed by atoms with Crippen LogP contribution in [0.15, 0.2) is 49.2 Å². The molecule has 2 N–H and O–H groups in total. The molecule has 0 unspecified atom stereocenters. The van der Waals surface area contributed by atoms with Gasteiger partial charge in [-0.1, -0.05) is 51.1 Å². The normalized spacial score (nSPS) is 14.6. The zero-order valence-corrected chi connectivity index (χ0v) is 21.8. The number of fused-ring (bicyclic) bond motifs is 1. The van der Waals surface area contributed by atoms with Crippen LogP contribution in [0, 0.1) is 0 Å². The van der Waals surface area contributed by atoms with E-state index in [0.29, 0.717) is 33.8 Å². The summed E-state index contributed by atoms with van der Waals surface area (Å²) in [7, 11) is 1.50. The largest absolute Gasteiger partial charge is 0.493 e. The van der Waals surface area contributed by atoms with Gasteiger partial charge in [0.1, 0.15) is 5.82 Å². The summed E-state index contributed by atoms with van der Waals surface area (Å²) >= 11 is 6.89. The number of aromatic nitrogens is 2. The summed E-state index contributed by atoms with van der Waals surface area (Å²) < 4.78 is 13.9. The van der Waals surface area contributed by atoms with Gasteiger partial charge in [-0.3, -0.25) is 9.59 Å². The quantitative estimate of drug-likeness (QED) is 0.400. The zero-order chi connectivity index (χ0) is 24.2. The summed E-state index contributed by atoms with van der Waals surface area (Å²) in [5.41, 5.74) is 6.18. The lowest BCUT2D eigenvalue weighted by atomic mass is 9.88. The molecule has 1 aliphatic carbocycles. The number of ether oxygens (including phenoxy) is 2. The SMILES string of the molecule is COc1cc(Br)cc(C=Nn2c(C3CCCCC3)nc3ccc(Br)cc3c2=O)c1OCC(N)=O. The van der Waals surface area contributed by atoms with Crippen molar-refractivity contribution in [3.05, 3.63) is 61.0 Å². The third kappa shape index (κ3) is 5.33. The van der Waals surface area contributed by atoms with E-state index in [2.05, 4.69) is 37.0 Å². The molecule has 1 amide bonds. The molecule has 0 aliphatic heterocycles. The van der Waals surface area contributed by atoms with Crippen molar-refractivity contribution in [2.75, 3.05) is 13.7 Å². The number of hydrogen-bond donors (Lipinski definition) is 1. The minimum absolute atomic E-state index is 0.147. The van der Waals surface area contributed by atoms with Crippen LogP contribution in [-0.2, 0) is 4.79 Å². The fourth-order valence-electron chi connectivity index (χ4n) is 4.16. The zero-order valence-electron chi connectivity index (χ0n) is 18.6. The highest BCUT2D eigenvalue weighted by molar-refractivity contribution is 9.10. The Morgan fingerprint density at radius 1 is 1.21 bits per heavy atom. The number of carbonyl (C=O) groups excluding carboxylic acids is 1. The minimum atomic E-state index is -0.618. The number of benzene rings is 2. The molecular formula is C24H24Br2N4O4. The molecule has 3 aromatic rings. The Morgan fingerprint density at radius 2 is 1.97 bits per heavy atom. The first-order chi connectivity index (χ1) is 16.4. The Morgan fingerprint density at radius 3 is 2.68 bits per heavy atom. The number of nitrogens with two attached hydrogens (primary N) is 1. The van der Waals surface area contributed by atoms with Gasteiger partial charge in [0.2, 0.25) is 0 Å². The maximum absolute atomic E-state index is 13.5. The predicted molar refractivity (Wildman–Crippen MR) is 138 cm³/mol. The number of carbonyl (C=O) groups is 1. The van der Waals surface area contributed by atoms with Crippen LogP contribution in [0.25, 0.3) is 10.9 Å². The molecule has 8 nitrogen and oxygen atoms in total. The van der Waals surface area contributed by atoms with Gasteiger partial charge in [0.05, 0.1) is 24.2 Å². The number of primary amides is 1. The summed E-state index contributed by atoms with van der Waals surface area (Å²) in [5.74, 6) is 0.883. The molecule has 0 radical (unpaired) electrons. The molecule has 0 saturated heterocycles. The molecule has 1 fully saturated rings. The summed E-state index contributed by atoms with van der Waals surface area (Å²) in [4.78, 5) is 29.7. The van der Waals surface area contributed by atoms with E-state index in [-0.39, 0.29) is 18.1 Å². The van der Waals surface area contributed by atoms with Crippen molar-refractivity contribution in [2.45, 2.75) is 38.0 Å².